The van der Waals surface area contributed by atoms with E-state index in [1.54, 1.807) is 12.1 Å². The Balaban J connectivity index is 2.70. The van der Waals surface area contributed by atoms with Crippen LogP contribution in [-0.4, -0.2) is 13.6 Å². The Hall–Kier alpha value is -0.600. The van der Waals surface area contributed by atoms with E-state index in [-0.39, 0.29) is 5.82 Å². The lowest BCUT2D eigenvalue weighted by Crippen LogP contribution is -2.18. The third kappa shape index (κ3) is 3.28. The van der Waals surface area contributed by atoms with Crippen molar-refractivity contribution in [3.05, 3.63) is 34.6 Å². The fourth-order valence-electron chi connectivity index (χ4n) is 1.50. The molecule has 1 aromatic carbocycles. The molecule has 1 atom stereocenters. The van der Waals surface area contributed by atoms with Gasteiger partial charge in [0.2, 0.25) is 0 Å². The fourth-order valence-corrected chi connectivity index (χ4v) is 1.69. The predicted octanol–water partition coefficient (Wildman–Crippen LogP) is 2.88. The van der Waals surface area contributed by atoms with Gasteiger partial charge in [-0.25, -0.2) is 4.39 Å². The van der Waals surface area contributed by atoms with E-state index in [9.17, 15) is 4.39 Å². The van der Waals surface area contributed by atoms with Crippen molar-refractivity contribution in [2.45, 2.75) is 13.3 Å². The highest BCUT2D eigenvalue weighted by atomic mass is 35.5. The van der Waals surface area contributed by atoms with Crippen LogP contribution in [0.1, 0.15) is 12.5 Å². The average Bonchev–Trinajstić information content (AvgIpc) is 2.12. The maximum Gasteiger partial charge on any atom is 0.126 e. The molecule has 0 amide bonds. The van der Waals surface area contributed by atoms with E-state index in [0.29, 0.717) is 22.9 Å². The number of halogens is 2. The molecule has 0 bridgehead atoms. The summed E-state index contributed by atoms with van der Waals surface area (Å²) in [6.07, 6.45) is 0.716. The lowest BCUT2D eigenvalue weighted by atomic mass is 10.0. The van der Waals surface area contributed by atoms with Gasteiger partial charge < -0.3 is 5.32 Å². The zero-order valence-corrected chi connectivity index (χ0v) is 9.24. The summed E-state index contributed by atoms with van der Waals surface area (Å²) in [7, 11) is 1.89. The molecule has 1 rings (SSSR count). The maximum absolute atomic E-state index is 13.3. The minimum Gasteiger partial charge on any atom is -0.319 e. The highest BCUT2D eigenvalue weighted by Gasteiger charge is 2.07. The van der Waals surface area contributed by atoms with Crippen LogP contribution in [0, 0.1) is 11.7 Å². The Morgan fingerprint density at radius 3 is 2.86 bits per heavy atom. The zero-order chi connectivity index (χ0) is 10.6. The molecule has 0 heterocycles. The van der Waals surface area contributed by atoms with E-state index in [4.69, 9.17) is 11.6 Å². The summed E-state index contributed by atoms with van der Waals surface area (Å²) >= 11 is 5.80. The van der Waals surface area contributed by atoms with E-state index in [1.165, 1.54) is 6.07 Å². The summed E-state index contributed by atoms with van der Waals surface area (Å²) in [5.41, 5.74) is 0.695. The van der Waals surface area contributed by atoms with Gasteiger partial charge in [0.15, 0.2) is 0 Å². The Labute approximate surface area is 89.3 Å². The Morgan fingerprint density at radius 1 is 1.50 bits per heavy atom. The molecule has 0 radical (unpaired) electrons. The molecule has 14 heavy (non-hydrogen) atoms. The third-order valence-electron chi connectivity index (χ3n) is 2.13. The molecule has 0 saturated carbocycles. The number of hydrogen-bond acceptors (Lipinski definition) is 1. The van der Waals surface area contributed by atoms with Crippen molar-refractivity contribution >= 4 is 11.6 Å². The predicted molar refractivity (Wildman–Crippen MR) is 58.2 cm³/mol. The molecular weight excluding hydrogens is 201 g/mol. The molecule has 0 aliphatic carbocycles. The van der Waals surface area contributed by atoms with Crippen molar-refractivity contribution < 1.29 is 4.39 Å². The van der Waals surface area contributed by atoms with Crippen molar-refractivity contribution in [2.75, 3.05) is 13.6 Å². The van der Waals surface area contributed by atoms with Gasteiger partial charge in [-0.05, 0) is 49.7 Å². The average molecular weight is 216 g/mol. The van der Waals surface area contributed by atoms with Crippen LogP contribution in [0.5, 0.6) is 0 Å². The van der Waals surface area contributed by atoms with Gasteiger partial charge in [-0.15, -0.1) is 0 Å². The molecule has 3 heteroatoms. The molecule has 1 aromatic rings. The molecule has 1 N–H and O–H groups in total. The zero-order valence-electron chi connectivity index (χ0n) is 8.48. The van der Waals surface area contributed by atoms with E-state index in [0.717, 1.165) is 6.54 Å². The van der Waals surface area contributed by atoms with Crippen molar-refractivity contribution in [1.29, 1.82) is 0 Å². The Kier molecular flexibility index (Phi) is 4.36. The van der Waals surface area contributed by atoms with E-state index in [1.807, 2.05) is 7.05 Å². The van der Waals surface area contributed by atoms with Gasteiger partial charge in [0.1, 0.15) is 5.82 Å². The molecule has 0 fully saturated rings. The SMILES string of the molecule is CNCC(C)Cc1cc(Cl)ccc1F. The van der Waals surface area contributed by atoms with E-state index in [2.05, 4.69) is 12.2 Å². The van der Waals surface area contributed by atoms with Crippen molar-refractivity contribution in [3.8, 4) is 0 Å². The van der Waals surface area contributed by atoms with Crippen LogP contribution in [0.15, 0.2) is 18.2 Å². The molecule has 1 unspecified atom stereocenters. The standard InChI is InChI=1S/C11H15ClFN/c1-8(7-14-2)5-9-6-10(12)3-4-11(9)13/h3-4,6,8,14H,5,7H2,1-2H3. The fraction of sp³-hybridized carbons (Fsp3) is 0.455. The van der Waals surface area contributed by atoms with E-state index >= 15 is 0 Å². The highest BCUT2D eigenvalue weighted by Crippen LogP contribution is 2.17. The van der Waals surface area contributed by atoms with Gasteiger partial charge in [0.05, 0.1) is 0 Å². The molecule has 1 nitrogen and oxygen atoms in total. The van der Waals surface area contributed by atoms with Crippen molar-refractivity contribution in [2.24, 2.45) is 5.92 Å². The van der Waals surface area contributed by atoms with Crippen molar-refractivity contribution in [3.63, 3.8) is 0 Å². The quantitative estimate of drug-likeness (QED) is 0.815. The van der Waals surface area contributed by atoms with Crippen LogP contribution < -0.4 is 5.32 Å². The second kappa shape index (κ2) is 5.32. The molecule has 0 saturated heterocycles. The number of nitrogens with one attached hydrogen (secondary N) is 1. The van der Waals surface area contributed by atoms with Gasteiger partial charge in [0, 0.05) is 5.02 Å². The third-order valence-corrected chi connectivity index (χ3v) is 2.36. The summed E-state index contributed by atoms with van der Waals surface area (Å²) in [6.45, 7) is 2.96. The number of hydrogen-bond donors (Lipinski definition) is 1. The lowest BCUT2D eigenvalue weighted by Gasteiger charge is -2.11. The molecule has 0 aromatic heterocycles. The largest absolute Gasteiger partial charge is 0.319 e. The Bertz CT molecular complexity index is 301. The summed E-state index contributed by atoms with van der Waals surface area (Å²) in [6, 6.07) is 4.69. The first-order chi connectivity index (χ1) is 6.63. The Morgan fingerprint density at radius 2 is 2.21 bits per heavy atom. The van der Waals surface area contributed by atoms with Crippen LogP contribution in [-0.2, 0) is 6.42 Å². The molecular formula is C11H15ClFN. The minimum atomic E-state index is -0.169. The van der Waals surface area contributed by atoms with Gasteiger partial charge in [0.25, 0.3) is 0 Å². The normalized spacial score (nSPS) is 12.9. The first-order valence-electron chi connectivity index (χ1n) is 4.72. The molecule has 78 valence electrons. The summed E-state index contributed by atoms with van der Waals surface area (Å²) in [4.78, 5) is 0. The molecule has 0 aliphatic heterocycles. The van der Waals surface area contributed by atoms with Gasteiger partial charge >= 0.3 is 0 Å². The van der Waals surface area contributed by atoms with Crippen LogP contribution in [0.4, 0.5) is 4.39 Å². The van der Waals surface area contributed by atoms with Crippen LogP contribution in [0.3, 0.4) is 0 Å². The second-order valence-electron chi connectivity index (χ2n) is 3.60. The molecule has 0 aliphatic rings. The summed E-state index contributed by atoms with van der Waals surface area (Å²) in [5, 5.41) is 3.66. The summed E-state index contributed by atoms with van der Waals surface area (Å²) < 4.78 is 13.3. The van der Waals surface area contributed by atoms with Gasteiger partial charge in [-0.2, -0.15) is 0 Å². The van der Waals surface area contributed by atoms with Crippen molar-refractivity contribution in [1.82, 2.24) is 5.32 Å². The first-order valence-corrected chi connectivity index (χ1v) is 5.09. The van der Waals surface area contributed by atoms with Crippen LogP contribution >= 0.6 is 11.6 Å². The number of rotatable bonds is 4. The topological polar surface area (TPSA) is 12.0 Å². The second-order valence-corrected chi connectivity index (χ2v) is 4.04. The maximum atomic E-state index is 13.3. The lowest BCUT2D eigenvalue weighted by molar-refractivity contribution is 0.520. The van der Waals surface area contributed by atoms with Crippen LogP contribution in [0.25, 0.3) is 0 Å². The van der Waals surface area contributed by atoms with Gasteiger partial charge in [-0.3, -0.25) is 0 Å². The first kappa shape index (κ1) is 11.5. The van der Waals surface area contributed by atoms with E-state index < -0.39 is 0 Å². The minimum absolute atomic E-state index is 0.169. The monoisotopic (exact) mass is 215 g/mol. The van der Waals surface area contributed by atoms with Gasteiger partial charge in [-0.1, -0.05) is 18.5 Å². The highest BCUT2D eigenvalue weighted by molar-refractivity contribution is 6.30. The number of benzene rings is 1. The molecule has 0 spiro atoms. The smallest absolute Gasteiger partial charge is 0.126 e. The summed E-state index contributed by atoms with van der Waals surface area (Å²) in [5.74, 6) is 0.241. The van der Waals surface area contributed by atoms with Crippen LogP contribution in [0.2, 0.25) is 5.02 Å².